The van der Waals surface area contributed by atoms with Crippen molar-refractivity contribution in [3.05, 3.63) is 36.5 Å². The lowest BCUT2D eigenvalue weighted by molar-refractivity contribution is -0.119. The number of carbonyl (C=O) groups is 1. The van der Waals surface area contributed by atoms with E-state index in [2.05, 4.69) is 11.9 Å². The highest BCUT2D eigenvalue weighted by atomic mass is 16.1. The van der Waals surface area contributed by atoms with E-state index in [0.717, 1.165) is 5.57 Å². The summed E-state index contributed by atoms with van der Waals surface area (Å²) in [6.07, 6.45) is 7.72. The van der Waals surface area contributed by atoms with Crippen LogP contribution in [0, 0.1) is 0 Å². The fourth-order valence-corrected chi connectivity index (χ4v) is 0.723. The van der Waals surface area contributed by atoms with Crippen LogP contribution >= 0.6 is 0 Å². The Balaban J connectivity index is 4.10. The van der Waals surface area contributed by atoms with E-state index in [-0.39, 0.29) is 5.91 Å². The van der Waals surface area contributed by atoms with E-state index in [0.29, 0.717) is 6.42 Å². The highest BCUT2D eigenvalue weighted by molar-refractivity contribution is 5.78. The van der Waals surface area contributed by atoms with Crippen molar-refractivity contribution < 1.29 is 4.79 Å². The Morgan fingerprint density at radius 1 is 1.58 bits per heavy atom. The van der Waals surface area contributed by atoms with Crippen LogP contribution in [0.5, 0.6) is 0 Å². The number of amides is 1. The predicted molar refractivity (Wildman–Crippen MR) is 51.8 cm³/mol. The molecule has 0 heterocycles. The number of carbonyl (C=O) groups excluding carboxylic acids is 1. The van der Waals surface area contributed by atoms with Crippen molar-refractivity contribution in [2.45, 2.75) is 13.3 Å². The average Bonchev–Trinajstić information content (AvgIpc) is 2.11. The fraction of sp³-hybridized carbons (Fsp3) is 0.300. The van der Waals surface area contributed by atoms with Crippen LogP contribution in [0.15, 0.2) is 36.5 Å². The molecule has 0 unspecified atom stereocenters. The van der Waals surface area contributed by atoms with Gasteiger partial charge in [-0.15, -0.1) is 0 Å². The molecule has 66 valence electrons. The molecule has 0 fully saturated rings. The molecule has 0 aliphatic carbocycles. The average molecular weight is 165 g/mol. The molecular weight excluding hydrogens is 150 g/mol. The van der Waals surface area contributed by atoms with Crippen LogP contribution in [0.3, 0.4) is 0 Å². The highest BCUT2D eigenvalue weighted by Gasteiger charge is 1.98. The summed E-state index contributed by atoms with van der Waals surface area (Å²) < 4.78 is 0. The fourth-order valence-electron chi connectivity index (χ4n) is 0.723. The third kappa shape index (κ3) is 4.50. The molecule has 0 saturated heterocycles. The molecular formula is C10H15NO. The number of hydrogen-bond acceptors (Lipinski definition) is 1. The van der Waals surface area contributed by atoms with Gasteiger partial charge in [-0.2, -0.15) is 0 Å². The number of allylic oxidation sites excluding steroid dienone is 4. The Kier molecular flexibility index (Phi) is 5.70. The summed E-state index contributed by atoms with van der Waals surface area (Å²) in [5.74, 6) is 0.0248. The van der Waals surface area contributed by atoms with E-state index in [1.54, 1.807) is 13.1 Å². The molecule has 0 aromatic heterocycles. The van der Waals surface area contributed by atoms with Gasteiger partial charge in [0.2, 0.25) is 5.91 Å². The molecule has 1 amide bonds. The molecule has 2 nitrogen and oxygen atoms in total. The molecule has 0 saturated carbocycles. The normalized spacial score (nSPS) is 11.7. The van der Waals surface area contributed by atoms with Gasteiger partial charge in [-0.25, -0.2) is 0 Å². The maximum Gasteiger partial charge on any atom is 0.224 e. The standard InChI is InChI=1S/C10H15NO/c1-4-6-7-9(5-2)8-10(12)11-3/h4-7H,1,8H2,2-3H3,(H,11,12)/b7-6-,9-5+. The van der Waals surface area contributed by atoms with E-state index in [1.165, 1.54) is 0 Å². The molecule has 2 heteroatoms. The van der Waals surface area contributed by atoms with Crippen molar-refractivity contribution >= 4 is 5.91 Å². The zero-order valence-corrected chi connectivity index (χ0v) is 7.63. The van der Waals surface area contributed by atoms with Gasteiger partial charge in [-0.05, 0) is 12.5 Å². The molecule has 0 aliphatic rings. The van der Waals surface area contributed by atoms with Crippen molar-refractivity contribution in [1.29, 1.82) is 0 Å². The smallest absolute Gasteiger partial charge is 0.224 e. The third-order valence-electron chi connectivity index (χ3n) is 1.46. The summed E-state index contributed by atoms with van der Waals surface area (Å²) in [7, 11) is 1.63. The summed E-state index contributed by atoms with van der Waals surface area (Å²) in [5, 5.41) is 2.57. The summed E-state index contributed by atoms with van der Waals surface area (Å²) in [4.78, 5) is 10.9. The van der Waals surface area contributed by atoms with E-state index in [1.807, 2.05) is 25.2 Å². The molecule has 12 heavy (non-hydrogen) atoms. The molecule has 0 radical (unpaired) electrons. The van der Waals surface area contributed by atoms with Crippen LogP contribution < -0.4 is 5.32 Å². The Hall–Kier alpha value is -1.31. The SMILES string of the molecule is C=C/C=C\C(=C/C)CC(=O)NC. The van der Waals surface area contributed by atoms with Gasteiger partial charge in [0.15, 0.2) is 0 Å². The minimum Gasteiger partial charge on any atom is -0.359 e. The lowest BCUT2D eigenvalue weighted by Gasteiger charge is -1.99. The van der Waals surface area contributed by atoms with Gasteiger partial charge >= 0.3 is 0 Å². The minimum absolute atomic E-state index is 0.0248. The van der Waals surface area contributed by atoms with Gasteiger partial charge in [0.25, 0.3) is 0 Å². The van der Waals surface area contributed by atoms with Crippen LogP contribution in [-0.4, -0.2) is 13.0 Å². The molecule has 0 aromatic carbocycles. The Morgan fingerprint density at radius 3 is 2.67 bits per heavy atom. The van der Waals surface area contributed by atoms with Crippen LogP contribution in [-0.2, 0) is 4.79 Å². The first-order chi connectivity index (χ1) is 5.74. The first-order valence-electron chi connectivity index (χ1n) is 3.89. The van der Waals surface area contributed by atoms with Crippen LogP contribution in [0.1, 0.15) is 13.3 Å². The summed E-state index contributed by atoms with van der Waals surface area (Å²) in [6.45, 7) is 5.46. The second-order valence-corrected chi connectivity index (χ2v) is 2.31. The van der Waals surface area contributed by atoms with Crippen molar-refractivity contribution in [3.8, 4) is 0 Å². The topological polar surface area (TPSA) is 29.1 Å². The van der Waals surface area contributed by atoms with Crippen molar-refractivity contribution in [1.82, 2.24) is 5.32 Å². The van der Waals surface area contributed by atoms with Gasteiger partial charge in [0.05, 0.1) is 6.42 Å². The summed E-state index contributed by atoms with van der Waals surface area (Å²) in [6, 6.07) is 0. The van der Waals surface area contributed by atoms with E-state index in [4.69, 9.17) is 0 Å². The molecule has 0 rings (SSSR count). The molecule has 0 aliphatic heterocycles. The van der Waals surface area contributed by atoms with Crippen molar-refractivity contribution in [3.63, 3.8) is 0 Å². The maximum absolute atomic E-state index is 10.9. The zero-order chi connectivity index (χ0) is 9.40. The van der Waals surface area contributed by atoms with Crippen LogP contribution in [0.2, 0.25) is 0 Å². The summed E-state index contributed by atoms with van der Waals surface area (Å²) >= 11 is 0. The van der Waals surface area contributed by atoms with Gasteiger partial charge in [0, 0.05) is 7.05 Å². The minimum atomic E-state index is 0.0248. The largest absolute Gasteiger partial charge is 0.359 e. The first kappa shape index (κ1) is 10.7. The lowest BCUT2D eigenvalue weighted by atomic mass is 10.1. The lowest BCUT2D eigenvalue weighted by Crippen LogP contribution is -2.17. The van der Waals surface area contributed by atoms with E-state index < -0.39 is 0 Å². The summed E-state index contributed by atoms with van der Waals surface area (Å²) in [5.41, 5.74) is 0.995. The van der Waals surface area contributed by atoms with Gasteiger partial charge < -0.3 is 5.32 Å². The van der Waals surface area contributed by atoms with Gasteiger partial charge in [-0.3, -0.25) is 4.79 Å². The second-order valence-electron chi connectivity index (χ2n) is 2.31. The molecule has 0 atom stereocenters. The second kappa shape index (κ2) is 6.40. The van der Waals surface area contributed by atoms with E-state index in [9.17, 15) is 4.79 Å². The molecule has 0 bridgehead atoms. The zero-order valence-electron chi connectivity index (χ0n) is 7.63. The Bertz CT molecular complexity index is 214. The van der Waals surface area contributed by atoms with Crippen molar-refractivity contribution in [2.24, 2.45) is 0 Å². The number of nitrogens with one attached hydrogen (secondary N) is 1. The predicted octanol–water partition coefficient (Wildman–Crippen LogP) is 1.81. The third-order valence-corrected chi connectivity index (χ3v) is 1.46. The quantitative estimate of drug-likeness (QED) is 0.632. The van der Waals surface area contributed by atoms with Crippen LogP contribution in [0.4, 0.5) is 0 Å². The number of rotatable bonds is 4. The van der Waals surface area contributed by atoms with Gasteiger partial charge in [-0.1, -0.05) is 30.9 Å². The molecule has 0 aromatic rings. The number of hydrogen-bond donors (Lipinski definition) is 1. The molecule has 1 N–H and O–H groups in total. The monoisotopic (exact) mass is 165 g/mol. The maximum atomic E-state index is 10.9. The van der Waals surface area contributed by atoms with E-state index >= 15 is 0 Å². The highest BCUT2D eigenvalue weighted by Crippen LogP contribution is 2.02. The molecule has 0 spiro atoms. The van der Waals surface area contributed by atoms with Gasteiger partial charge in [0.1, 0.15) is 0 Å². The first-order valence-corrected chi connectivity index (χ1v) is 3.89. The van der Waals surface area contributed by atoms with Crippen molar-refractivity contribution in [2.75, 3.05) is 7.05 Å². The Labute approximate surface area is 73.7 Å². The Morgan fingerprint density at radius 2 is 2.25 bits per heavy atom. The van der Waals surface area contributed by atoms with Crippen LogP contribution in [0.25, 0.3) is 0 Å².